The second kappa shape index (κ2) is 16.6. The molecular weight excluding hydrogens is 454 g/mol. The van der Waals surface area contributed by atoms with E-state index >= 15 is 0 Å². The van der Waals surface area contributed by atoms with Gasteiger partial charge in [0.1, 0.15) is 18.4 Å². The summed E-state index contributed by atoms with van der Waals surface area (Å²) in [6.07, 6.45) is 1.07. The fourth-order valence-electron chi connectivity index (χ4n) is 2.98. The Kier molecular flexibility index (Phi) is 16.5. The molecule has 3 N–H and O–H groups in total. The Morgan fingerprint density at radius 3 is 1.94 bits per heavy atom. The number of rotatable bonds is 20. The summed E-state index contributed by atoms with van der Waals surface area (Å²) in [6.45, 7) is 11.6. The van der Waals surface area contributed by atoms with E-state index in [4.69, 9.17) is 19.3 Å². The van der Waals surface area contributed by atoms with Crippen molar-refractivity contribution < 1.29 is 38.7 Å². The first kappa shape index (κ1) is 32.0. The fourth-order valence-corrected chi connectivity index (χ4v) is 5.96. The van der Waals surface area contributed by atoms with Gasteiger partial charge in [0.05, 0.1) is 32.5 Å². The fraction of sp³-hybridized carbons (Fsp3) is 1.00. The van der Waals surface area contributed by atoms with Crippen LogP contribution in [0, 0.1) is 0 Å². The lowest BCUT2D eigenvalue weighted by atomic mass is 10.1. The van der Waals surface area contributed by atoms with Gasteiger partial charge in [-0.2, -0.15) is 0 Å². The highest BCUT2D eigenvalue weighted by atomic mass is 31.1. The van der Waals surface area contributed by atoms with Gasteiger partial charge in [0.2, 0.25) is 0 Å². The first-order valence-electron chi connectivity index (χ1n) is 11.7. The van der Waals surface area contributed by atoms with Gasteiger partial charge in [-0.25, -0.2) is 0 Å². The molecule has 0 aromatic heterocycles. The van der Waals surface area contributed by atoms with Crippen molar-refractivity contribution in [2.24, 2.45) is 0 Å². The van der Waals surface area contributed by atoms with Gasteiger partial charge in [-0.05, 0) is 46.5 Å². The molecule has 0 fully saturated rings. The Bertz CT molecular complexity index is 546. The van der Waals surface area contributed by atoms with Crippen LogP contribution in [0.3, 0.4) is 0 Å². The second-order valence-corrected chi connectivity index (χ2v) is 13.5. The van der Waals surface area contributed by atoms with E-state index in [1.54, 1.807) is 13.8 Å². The smallest absolute Gasteiger partial charge is 0.376 e. The number of hydrogen-bond acceptors (Lipinski definition) is 8. The molecule has 0 heterocycles. The maximum atomic E-state index is 13.2. The summed E-state index contributed by atoms with van der Waals surface area (Å²) in [7, 11) is -3.51. The van der Waals surface area contributed by atoms with Crippen LogP contribution in [0.1, 0.15) is 67.2 Å². The van der Waals surface area contributed by atoms with Crippen molar-refractivity contribution in [3.05, 3.63) is 0 Å². The van der Waals surface area contributed by atoms with Gasteiger partial charge in [0, 0.05) is 13.5 Å². The minimum absolute atomic E-state index is 0.0781. The molecule has 0 radical (unpaired) electrons. The van der Waals surface area contributed by atoms with Crippen molar-refractivity contribution in [3.8, 4) is 0 Å². The molecule has 6 atom stereocenters. The molecule has 0 saturated heterocycles. The van der Waals surface area contributed by atoms with Crippen LogP contribution in [0.25, 0.3) is 0 Å². The van der Waals surface area contributed by atoms with Crippen LogP contribution in [0.2, 0.25) is 0 Å². The summed E-state index contributed by atoms with van der Waals surface area (Å²) in [4.78, 5) is 0. The molecule has 32 heavy (non-hydrogen) atoms. The number of unbranched alkanes of at least 4 members (excludes halogenated alkanes) is 1. The van der Waals surface area contributed by atoms with Gasteiger partial charge in [0.25, 0.3) is 5.34 Å². The van der Waals surface area contributed by atoms with Gasteiger partial charge in [-0.1, -0.05) is 23.0 Å². The molecule has 0 bridgehead atoms. The molecule has 190 valence electrons. The summed E-state index contributed by atoms with van der Waals surface area (Å²) in [6, 6.07) is 0. The van der Waals surface area contributed by atoms with Gasteiger partial charge in [-0.3, -0.25) is 0 Å². The summed E-state index contributed by atoms with van der Waals surface area (Å²) >= 11 is 0. The van der Waals surface area contributed by atoms with Crippen molar-refractivity contribution >= 4 is 15.6 Å². The third-order valence-corrected chi connectivity index (χ3v) is 9.64. The van der Waals surface area contributed by atoms with Crippen molar-refractivity contribution in [2.75, 3.05) is 45.4 Å². The lowest BCUT2D eigenvalue weighted by molar-refractivity contribution is -0.136. The molecule has 0 aliphatic heterocycles. The molecule has 6 unspecified atom stereocenters. The van der Waals surface area contributed by atoms with Crippen LogP contribution in [-0.4, -0.2) is 89.5 Å². The standard InChI is InChI=1S/C22H46O8P2/c1-7-11-28-19(16-24)20(25)22(6,30-12-8-2)32(27)14-10-9-13-31(26)21(4,5)17-29-18(3)15-23/h18-20,23-25H,7-17H2,1-6H3/q+2. The van der Waals surface area contributed by atoms with E-state index in [0.717, 1.165) is 6.42 Å². The van der Waals surface area contributed by atoms with E-state index < -0.39 is 38.3 Å². The molecule has 0 amide bonds. The van der Waals surface area contributed by atoms with Gasteiger partial charge < -0.3 is 29.5 Å². The van der Waals surface area contributed by atoms with Crippen LogP contribution >= 0.6 is 15.6 Å². The Morgan fingerprint density at radius 1 is 0.875 bits per heavy atom. The number of hydrogen-bond donors (Lipinski definition) is 3. The van der Waals surface area contributed by atoms with Crippen LogP contribution in [0.5, 0.6) is 0 Å². The zero-order valence-electron chi connectivity index (χ0n) is 20.8. The van der Waals surface area contributed by atoms with Crippen molar-refractivity contribution in [3.63, 3.8) is 0 Å². The average molecular weight is 501 g/mol. The third kappa shape index (κ3) is 10.9. The number of aliphatic hydroxyl groups is 3. The van der Waals surface area contributed by atoms with Crippen LogP contribution in [0.4, 0.5) is 0 Å². The van der Waals surface area contributed by atoms with E-state index in [-0.39, 0.29) is 19.3 Å². The molecule has 0 aromatic carbocycles. The number of ether oxygens (including phenoxy) is 3. The van der Waals surface area contributed by atoms with E-state index in [1.807, 2.05) is 27.7 Å². The van der Waals surface area contributed by atoms with E-state index in [0.29, 0.717) is 51.4 Å². The monoisotopic (exact) mass is 500 g/mol. The highest BCUT2D eigenvalue weighted by Crippen LogP contribution is 2.45. The quantitative estimate of drug-likeness (QED) is 0.170. The van der Waals surface area contributed by atoms with Crippen molar-refractivity contribution in [2.45, 2.75) is 96.0 Å². The molecule has 0 aliphatic carbocycles. The van der Waals surface area contributed by atoms with Crippen LogP contribution in [0.15, 0.2) is 0 Å². The predicted octanol–water partition coefficient (Wildman–Crippen LogP) is 3.89. The zero-order chi connectivity index (χ0) is 24.8. The van der Waals surface area contributed by atoms with Crippen molar-refractivity contribution in [1.29, 1.82) is 0 Å². The number of aliphatic hydroxyl groups excluding tert-OH is 3. The molecule has 0 aliphatic rings. The molecule has 0 spiro atoms. The van der Waals surface area contributed by atoms with E-state index in [1.165, 1.54) is 0 Å². The van der Waals surface area contributed by atoms with E-state index in [9.17, 15) is 19.3 Å². The normalized spacial score (nSPS) is 18.0. The SMILES string of the molecule is CCCOC(CO)C(O)C(C)(OCCC)[P+](=O)CCCC[P+](=O)C(C)(C)COC(C)CO. The summed E-state index contributed by atoms with van der Waals surface area (Å²) in [5, 5.41) is 27.7. The maximum Gasteiger partial charge on any atom is 0.376 e. The minimum atomic E-state index is -1.97. The zero-order valence-corrected chi connectivity index (χ0v) is 22.6. The first-order valence-corrected chi connectivity index (χ1v) is 14.6. The molecule has 8 nitrogen and oxygen atoms in total. The van der Waals surface area contributed by atoms with Gasteiger partial charge in [-0.15, -0.1) is 0 Å². The molecule has 10 heteroatoms. The first-order chi connectivity index (χ1) is 15.0. The second-order valence-electron chi connectivity index (χ2n) is 8.97. The van der Waals surface area contributed by atoms with E-state index in [2.05, 4.69) is 0 Å². The minimum Gasteiger partial charge on any atom is -0.394 e. The Morgan fingerprint density at radius 2 is 1.44 bits per heavy atom. The average Bonchev–Trinajstić information content (AvgIpc) is 2.78. The Labute approximate surface area is 196 Å². The molecule has 0 saturated carbocycles. The van der Waals surface area contributed by atoms with Gasteiger partial charge >= 0.3 is 15.6 Å². The molecule has 0 rings (SSSR count). The lowest BCUT2D eigenvalue weighted by Gasteiger charge is -2.30. The predicted molar refractivity (Wildman–Crippen MR) is 129 cm³/mol. The lowest BCUT2D eigenvalue weighted by Crippen LogP contribution is -2.49. The van der Waals surface area contributed by atoms with Gasteiger partial charge in [0.15, 0.2) is 11.3 Å². The topological polar surface area (TPSA) is 123 Å². The summed E-state index contributed by atoms with van der Waals surface area (Å²) in [5.74, 6) is 0. The third-order valence-electron chi connectivity index (χ3n) is 5.34. The Hall–Kier alpha value is -0.0400. The highest BCUT2D eigenvalue weighted by Gasteiger charge is 2.54. The largest absolute Gasteiger partial charge is 0.394 e. The van der Waals surface area contributed by atoms with Crippen LogP contribution < -0.4 is 0 Å². The molecule has 0 aromatic rings. The maximum absolute atomic E-state index is 13.2. The summed E-state index contributed by atoms with van der Waals surface area (Å²) < 4.78 is 42.8. The van der Waals surface area contributed by atoms with Crippen molar-refractivity contribution in [1.82, 2.24) is 0 Å². The molecular formula is C22H46O8P2+2. The summed E-state index contributed by atoms with van der Waals surface area (Å²) in [5.41, 5.74) is 0. The van der Waals surface area contributed by atoms with Crippen LogP contribution in [-0.2, 0) is 23.3 Å². The highest BCUT2D eigenvalue weighted by molar-refractivity contribution is 7.46. The Balaban J connectivity index is 4.87.